The number of hydrogen-bond donors (Lipinski definition) is 8. The first kappa shape index (κ1) is 39.1. The van der Waals surface area contributed by atoms with E-state index in [9.17, 15) is 48.5 Å². The number of rotatable bonds is 13. The SMILES string of the molecule is COc1c(NC(=O)c2ccc(NC(=O)c3ccc(NC(=O)CNC(=O)c4ccc(NC(=O)c5ccc(F)cn5)cc4)cn3)c(OC)c2O)ccc(C(=O)O)c1O. The highest BCUT2D eigenvalue weighted by atomic mass is 19.1. The van der Waals surface area contributed by atoms with Crippen LogP contribution in [0.4, 0.5) is 27.1 Å². The van der Waals surface area contributed by atoms with Gasteiger partial charge >= 0.3 is 5.97 Å². The minimum Gasteiger partial charge on any atom is -0.504 e. The number of phenolic OH excluding ortho intramolecular Hbond substituents is 1. The highest BCUT2D eigenvalue weighted by Crippen LogP contribution is 2.40. The summed E-state index contributed by atoms with van der Waals surface area (Å²) in [4.78, 5) is 82.4. The van der Waals surface area contributed by atoms with Crippen LogP contribution in [0.5, 0.6) is 23.0 Å². The molecule has 0 bridgehead atoms. The Morgan fingerprint density at radius 3 is 1.70 bits per heavy atom. The fourth-order valence-corrected chi connectivity index (χ4v) is 4.96. The largest absolute Gasteiger partial charge is 0.504 e. The van der Waals surface area contributed by atoms with Crippen LogP contribution in [-0.4, -0.2) is 81.6 Å². The fourth-order valence-electron chi connectivity index (χ4n) is 4.96. The lowest BCUT2D eigenvalue weighted by Crippen LogP contribution is -2.32. The summed E-state index contributed by atoms with van der Waals surface area (Å²) in [6.07, 6.45) is 2.11. The van der Waals surface area contributed by atoms with E-state index >= 15 is 0 Å². The molecule has 2 heterocycles. The van der Waals surface area contributed by atoms with Crippen molar-refractivity contribution < 1.29 is 58.0 Å². The molecule has 5 aromatic rings. The van der Waals surface area contributed by atoms with Crippen molar-refractivity contribution >= 4 is 58.3 Å². The number of aromatic hydroxyl groups is 2. The van der Waals surface area contributed by atoms with Gasteiger partial charge in [0.15, 0.2) is 23.0 Å². The summed E-state index contributed by atoms with van der Waals surface area (Å²) in [5.74, 6) is -7.40. The minimum atomic E-state index is -1.42. The number of nitrogens with zero attached hydrogens (tertiary/aromatic N) is 2. The second-order valence-corrected chi connectivity index (χ2v) is 11.4. The van der Waals surface area contributed by atoms with E-state index in [-0.39, 0.29) is 51.1 Å². The van der Waals surface area contributed by atoms with Gasteiger partial charge in [-0.25, -0.2) is 19.2 Å². The van der Waals surface area contributed by atoms with Gasteiger partial charge in [0.05, 0.1) is 55.8 Å². The summed E-state index contributed by atoms with van der Waals surface area (Å²) >= 11 is 0. The predicted molar refractivity (Wildman–Crippen MR) is 196 cm³/mol. The third-order valence-corrected chi connectivity index (χ3v) is 7.70. The molecule has 0 atom stereocenters. The second-order valence-electron chi connectivity index (χ2n) is 11.4. The Labute approximate surface area is 315 Å². The molecule has 19 heteroatoms. The molecule has 0 spiro atoms. The van der Waals surface area contributed by atoms with Gasteiger partial charge in [-0.1, -0.05) is 0 Å². The number of amides is 5. The van der Waals surface area contributed by atoms with E-state index in [1.165, 1.54) is 74.0 Å². The van der Waals surface area contributed by atoms with Crippen LogP contribution < -0.4 is 36.1 Å². The number of halogens is 1. The molecule has 2 aromatic heterocycles. The van der Waals surface area contributed by atoms with Crippen molar-refractivity contribution in [3.05, 3.63) is 119 Å². The molecule has 3 aromatic carbocycles. The van der Waals surface area contributed by atoms with E-state index in [0.717, 1.165) is 25.4 Å². The zero-order valence-corrected chi connectivity index (χ0v) is 29.2. The van der Waals surface area contributed by atoms with Crippen molar-refractivity contribution in [1.29, 1.82) is 0 Å². The molecule has 0 aliphatic carbocycles. The first-order valence-electron chi connectivity index (χ1n) is 16.0. The number of phenols is 2. The van der Waals surface area contributed by atoms with Crippen molar-refractivity contribution in [1.82, 2.24) is 15.3 Å². The van der Waals surface area contributed by atoms with Crippen LogP contribution in [0.2, 0.25) is 0 Å². The number of carbonyl (C=O) groups excluding carboxylic acids is 5. The van der Waals surface area contributed by atoms with Gasteiger partial charge in [0.25, 0.3) is 23.6 Å². The number of carboxylic acid groups (broad SMARTS) is 1. The van der Waals surface area contributed by atoms with Gasteiger partial charge in [0.1, 0.15) is 22.8 Å². The molecule has 8 N–H and O–H groups in total. The summed E-state index contributed by atoms with van der Waals surface area (Å²) in [5, 5.41) is 42.8. The Bertz CT molecular complexity index is 2340. The number of aromatic nitrogens is 2. The van der Waals surface area contributed by atoms with Gasteiger partial charge < -0.3 is 51.4 Å². The summed E-state index contributed by atoms with van der Waals surface area (Å²) in [7, 11) is 2.34. The molecule has 0 saturated heterocycles. The molecule has 0 aliphatic heterocycles. The Kier molecular flexibility index (Phi) is 12.0. The van der Waals surface area contributed by atoms with E-state index < -0.39 is 64.9 Å². The van der Waals surface area contributed by atoms with Gasteiger partial charge in [-0.3, -0.25) is 24.0 Å². The number of nitrogens with one attached hydrogen (secondary N) is 5. The zero-order valence-electron chi connectivity index (χ0n) is 29.2. The molecule has 0 radical (unpaired) electrons. The Morgan fingerprint density at radius 1 is 0.607 bits per heavy atom. The van der Waals surface area contributed by atoms with E-state index in [1.807, 2.05) is 0 Å². The average Bonchev–Trinajstić information content (AvgIpc) is 3.18. The number of carboxylic acids is 1. The van der Waals surface area contributed by atoms with Crippen molar-refractivity contribution in [3.8, 4) is 23.0 Å². The molecule has 0 fully saturated rings. The normalized spacial score (nSPS) is 10.4. The van der Waals surface area contributed by atoms with Crippen molar-refractivity contribution in [2.75, 3.05) is 42.0 Å². The summed E-state index contributed by atoms with van der Waals surface area (Å²) in [6, 6.07) is 15.5. The Balaban J connectivity index is 1.14. The molecule has 5 rings (SSSR count). The van der Waals surface area contributed by atoms with Gasteiger partial charge in [0.2, 0.25) is 5.91 Å². The minimum absolute atomic E-state index is 0.00116. The standard InChI is InChI=1S/C37H30FN7O11/c1-55-31-25(13-9-22(29(31)47)34(50)44-24-14-10-23(37(53)54)30(48)32(24)56-2)45-36(52)27-12-8-21(16-40-27)42-28(46)17-41-33(49)18-3-6-20(7-4-18)43-35(51)26-11-5-19(38)15-39-26/h3-16,47-48H,17H2,1-2H3,(H,41,49)(H,42,46)(H,43,51)(H,44,50)(H,45,52)(H,53,54). The first-order chi connectivity index (χ1) is 26.8. The third-order valence-electron chi connectivity index (χ3n) is 7.70. The number of benzene rings is 3. The monoisotopic (exact) mass is 767 g/mol. The second kappa shape index (κ2) is 17.2. The first-order valence-corrected chi connectivity index (χ1v) is 16.0. The van der Waals surface area contributed by atoms with E-state index in [1.54, 1.807) is 0 Å². The molecule has 0 aliphatic rings. The van der Waals surface area contributed by atoms with Crippen molar-refractivity contribution in [2.24, 2.45) is 0 Å². The molecular weight excluding hydrogens is 737 g/mol. The van der Waals surface area contributed by atoms with Gasteiger partial charge in [-0.15, -0.1) is 0 Å². The van der Waals surface area contributed by atoms with Gasteiger partial charge in [0, 0.05) is 11.3 Å². The molecule has 56 heavy (non-hydrogen) atoms. The van der Waals surface area contributed by atoms with E-state index in [4.69, 9.17) is 9.47 Å². The number of aromatic carboxylic acids is 1. The van der Waals surface area contributed by atoms with E-state index in [2.05, 4.69) is 36.6 Å². The molecule has 0 saturated carbocycles. The van der Waals surface area contributed by atoms with Crippen LogP contribution in [0.15, 0.2) is 85.2 Å². The van der Waals surface area contributed by atoms with Crippen LogP contribution in [0, 0.1) is 5.82 Å². The maximum absolute atomic E-state index is 13.0. The highest BCUT2D eigenvalue weighted by molar-refractivity contribution is 6.10. The maximum atomic E-state index is 13.0. The lowest BCUT2D eigenvalue weighted by molar-refractivity contribution is -0.115. The average molecular weight is 768 g/mol. The number of carbonyl (C=O) groups is 6. The Morgan fingerprint density at radius 2 is 1.14 bits per heavy atom. The van der Waals surface area contributed by atoms with Crippen LogP contribution in [0.3, 0.4) is 0 Å². The maximum Gasteiger partial charge on any atom is 0.339 e. The molecule has 0 unspecified atom stereocenters. The number of anilines is 4. The van der Waals surface area contributed by atoms with Crippen LogP contribution >= 0.6 is 0 Å². The number of ether oxygens (including phenoxy) is 2. The Hall–Kier alpha value is -8.09. The molecule has 18 nitrogen and oxygen atoms in total. The van der Waals surface area contributed by atoms with Crippen molar-refractivity contribution in [3.63, 3.8) is 0 Å². The summed E-state index contributed by atoms with van der Waals surface area (Å²) in [5.41, 5.74) is -0.264. The highest BCUT2D eigenvalue weighted by Gasteiger charge is 2.24. The van der Waals surface area contributed by atoms with Gasteiger partial charge in [-0.05, 0) is 72.8 Å². The topological polar surface area (TPSA) is 267 Å². The number of hydrogen-bond acceptors (Lipinski definition) is 12. The fraction of sp³-hybridized carbons (Fsp3) is 0.0811. The van der Waals surface area contributed by atoms with E-state index in [0.29, 0.717) is 5.69 Å². The van der Waals surface area contributed by atoms with Crippen LogP contribution in [0.1, 0.15) is 52.1 Å². The summed E-state index contributed by atoms with van der Waals surface area (Å²) in [6.45, 7) is -0.417. The van der Waals surface area contributed by atoms with Crippen LogP contribution in [0.25, 0.3) is 0 Å². The zero-order chi connectivity index (χ0) is 40.5. The lowest BCUT2D eigenvalue weighted by atomic mass is 10.1. The number of pyridine rings is 2. The summed E-state index contributed by atoms with van der Waals surface area (Å²) < 4.78 is 23.3. The van der Waals surface area contributed by atoms with Crippen molar-refractivity contribution in [2.45, 2.75) is 0 Å². The molecular formula is C37H30FN7O11. The van der Waals surface area contributed by atoms with Gasteiger partial charge in [-0.2, -0.15) is 0 Å². The quantitative estimate of drug-likeness (QED) is 0.0847. The smallest absolute Gasteiger partial charge is 0.339 e. The predicted octanol–water partition coefficient (Wildman–Crippen LogP) is 3.87. The van der Waals surface area contributed by atoms with Crippen LogP contribution in [-0.2, 0) is 4.79 Å². The third kappa shape index (κ3) is 9.09. The lowest BCUT2D eigenvalue weighted by Gasteiger charge is -2.16. The number of methoxy groups -OCH3 is 2. The molecule has 286 valence electrons. The molecule has 5 amide bonds.